The van der Waals surface area contributed by atoms with Crippen molar-refractivity contribution in [1.82, 2.24) is 4.98 Å². The molecule has 2 aromatic carbocycles. The predicted octanol–water partition coefficient (Wildman–Crippen LogP) is 5.06. The molecule has 3 aromatic rings. The Labute approximate surface area is 163 Å². The molecule has 0 aliphatic carbocycles. The van der Waals surface area contributed by atoms with Gasteiger partial charge in [0.25, 0.3) is 0 Å². The number of nitrogens with zero attached hydrogens (tertiary/aromatic N) is 1. The smallest absolute Gasteiger partial charge is 0.224 e. The molecular weight excluding hydrogens is 360 g/mol. The van der Waals surface area contributed by atoms with Gasteiger partial charge in [0.05, 0.1) is 28.4 Å². The summed E-state index contributed by atoms with van der Waals surface area (Å²) in [7, 11) is 0. The first-order valence-electron chi connectivity index (χ1n) is 9.23. The average molecular weight is 385 g/mol. The normalized spacial score (nSPS) is 10.7. The summed E-state index contributed by atoms with van der Waals surface area (Å²) in [5.74, 6) is 1.32. The van der Waals surface area contributed by atoms with Crippen LogP contribution in [0.25, 0.3) is 10.2 Å². The second-order valence-corrected chi connectivity index (χ2v) is 7.12. The Hall–Kier alpha value is -2.60. The first kappa shape index (κ1) is 19.2. The highest BCUT2D eigenvalue weighted by Gasteiger charge is 2.09. The molecule has 1 amide bonds. The maximum absolute atomic E-state index is 12.3. The number of carbonyl (C=O) groups is 1. The van der Waals surface area contributed by atoms with Gasteiger partial charge in [0.1, 0.15) is 0 Å². The van der Waals surface area contributed by atoms with Crippen LogP contribution in [0.4, 0.5) is 5.69 Å². The fourth-order valence-electron chi connectivity index (χ4n) is 2.78. The number of nitrogens with one attached hydrogen (secondary N) is 1. The van der Waals surface area contributed by atoms with Gasteiger partial charge < -0.3 is 14.8 Å². The molecule has 0 aliphatic rings. The number of rotatable bonds is 9. The van der Waals surface area contributed by atoms with Gasteiger partial charge in [-0.1, -0.05) is 12.1 Å². The van der Waals surface area contributed by atoms with E-state index in [9.17, 15) is 4.79 Å². The molecule has 0 unspecified atom stereocenters. The molecule has 1 N–H and O–H groups in total. The number of aromatic nitrogens is 1. The van der Waals surface area contributed by atoms with Crippen LogP contribution in [0.1, 0.15) is 31.7 Å². The topological polar surface area (TPSA) is 60.5 Å². The largest absolute Gasteiger partial charge is 0.490 e. The quantitative estimate of drug-likeness (QED) is 0.560. The summed E-state index contributed by atoms with van der Waals surface area (Å²) < 4.78 is 12.3. The number of carbonyl (C=O) groups excluding carboxylic acids is 1. The summed E-state index contributed by atoms with van der Waals surface area (Å²) in [4.78, 5) is 16.9. The second-order valence-electron chi connectivity index (χ2n) is 6.00. The Bertz CT molecular complexity index is 874. The maximum atomic E-state index is 12.3. The van der Waals surface area contributed by atoms with Crippen molar-refractivity contribution >= 4 is 33.1 Å². The lowest BCUT2D eigenvalue weighted by molar-refractivity contribution is -0.116. The number of amides is 1. The van der Waals surface area contributed by atoms with Gasteiger partial charge in [-0.15, -0.1) is 11.3 Å². The van der Waals surface area contributed by atoms with E-state index in [4.69, 9.17) is 9.47 Å². The molecule has 0 bridgehead atoms. The molecule has 6 heteroatoms. The maximum Gasteiger partial charge on any atom is 0.224 e. The zero-order chi connectivity index (χ0) is 19.1. The minimum Gasteiger partial charge on any atom is -0.490 e. The van der Waals surface area contributed by atoms with Crippen molar-refractivity contribution in [3.8, 4) is 11.5 Å². The average Bonchev–Trinajstić information content (AvgIpc) is 3.07. The van der Waals surface area contributed by atoms with Crippen LogP contribution >= 0.6 is 11.3 Å². The highest BCUT2D eigenvalue weighted by atomic mass is 32.1. The van der Waals surface area contributed by atoms with E-state index in [0.29, 0.717) is 36.8 Å². The Morgan fingerprint density at radius 3 is 2.63 bits per heavy atom. The predicted molar refractivity (Wildman–Crippen MR) is 110 cm³/mol. The molecule has 5 nitrogen and oxygen atoms in total. The Balaban J connectivity index is 1.53. The number of benzene rings is 2. The molecule has 27 heavy (non-hydrogen) atoms. The Morgan fingerprint density at radius 1 is 1.07 bits per heavy atom. The standard InChI is InChI=1S/C21H24N2O3S/c1-3-25-17-13-12-15(14-18(17)26-4-2)22-20(24)10-7-11-21-23-16-8-5-6-9-19(16)27-21/h5-6,8-9,12-14H,3-4,7,10-11H2,1-2H3,(H,22,24). The highest BCUT2D eigenvalue weighted by Crippen LogP contribution is 2.30. The van der Waals surface area contributed by atoms with E-state index in [0.717, 1.165) is 23.4 Å². The highest BCUT2D eigenvalue weighted by molar-refractivity contribution is 7.18. The van der Waals surface area contributed by atoms with Gasteiger partial charge in [-0.25, -0.2) is 4.98 Å². The van der Waals surface area contributed by atoms with Gasteiger partial charge in [0.2, 0.25) is 5.91 Å². The molecule has 0 saturated carbocycles. The van der Waals surface area contributed by atoms with Gasteiger partial charge in [0.15, 0.2) is 11.5 Å². The van der Waals surface area contributed by atoms with Crippen molar-refractivity contribution in [2.24, 2.45) is 0 Å². The zero-order valence-electron chi connectivity index (χ0n) is 15.7. The van der Waals surface area contributed by atoms with Gasteiger partial charge in [0, 0.05) is 18.2 Å². The van der Waals surface area contributed by atoms with E-state index in [1.54, 1.807) is 17.4 Å². The molecule has 3 rings (SSSR count). The van der Waals surface area contributed by atoms with Gasteiger partial charge in [-0.2, -0.15) is 0 Å². The number of thiazole rings is 1. The zero-order valence-corrected chi connectivity index (χ0v) is 16.5. The molecule has 0 saturated heterocycles. The molecule has 0 atom stereocenters. The number of anilines is 1. The molecule has 1 heterocycles. The van der Waals surface area contributed by atoms with Crippen molar-refractivity contribution in [2.75, 3.05) is 18.5 Å². The van der Waals surface area contributed by atoms with E-state index in [1.807, 2.05) is 44.2 Å². The third kappa shape index (κ3) is 5.20. The third-order valence-corrected chi connectivity index (χ3v) is 5.06. The molecule has 142 valence electrons. The summed E-state index contributed by atoms with van der Waals surface area (Å²) in [5, 5.41) is 4.00. The Kier molecular flexibility index (Phi) is 6.65. The van der Waals surface area contributed by atoms with Crippen molar-refractivity contribution in [3.63, 3.8) is 0 Å². The van der Waals surface area contributed by atoms with Crippen molar-refractivity contribution < 1.29 is 14.3 Å². The van der Waals surface area contributed by atoms with Crippen LogP contribution in [-0.4, -0.2) is 24.1 Å². The van der Waals surface area contributed by atoms with Crippen molar-refractivity contribution in [1.29, 1.82) is 0 Å². The summed E-state index contributed by atoms with van der Waals surface area (Å²) in [6, 6.07) is 13.6. The van der Waals surface area contributed by atoms with Crippen LogP contribution in [0, 0.1) is 0 Å². The molecule has 0 radical (unpaired) electrons. The van der Waals surface area contributed by atoms with Gasteiger partial charge in [-0.3, -0.25) is 4.79 Å². The second kappa shape index (κ2) is 9.37. The molecule has 0 fully saturated rings. The summed E-state index contributed by atoms with van der Waals surface area (Å²) in [5.41, 5.74) is 1.74. The van der Waals surface area contributed by atoms with Crippen LogP contribution in [0.15, 0.2) is 42.5 Å². The van der Waals surface area contributed by atoms with E-state index in [-0.39, 0.29) is 5.91 Å². The summed E-state index contributed by atoms with van der Waals surface area (Å²) >= 11 is 1.69. The third-order valence-electron chi connectivity index (χ3n) is 3.96. The van der Waals surface area contributed by atoms with Crippen LogP contribution in [0.3, 0.4) is 0 Å². The first-order chi connectivity index (χ1) is 13.2. The van der Waals surface area contributed by atoms with E-state index < -0.39 is 0 Å². The lowest BCUT2D eigenvalue weighted by Crippen LogP contribution is -2.11. The molecule has 0 spiro atoms. The van der Waals surface area contributed by atoms with Crippen LogP contribution in [-0.2, 0) is 11.2 Å². The van der Waals surface area contributed by atoms with Crippen LogP contribution < -0.4 is 14.8 Å². The van der Waals surface area contributed by atoms with E-state index in [1.165, 1.54) is 4.70 Å². The molecular formula is C21H24N2O3S. The summed E-state index contributed by atoms with van der Waals surface area (Å²) in [6.45, 7) is 4.96. The molecule has 1 aromatic heterocycles. The van der Waals surface area contributed by atoms with Crippen molar-refractivity contribution in [3.05, 3.63) is 47.5 Å². The number of ether oxygens (including phenoxy) is 2. The SMILES string of the molecule is CCOc1ccc(NC(=O)CCCc2nc3ccccc3s2)cc1OCC. The Morgan fingerprint density at radius 2 is 1.85 bits per heavy atom. The fourth-order valence-corrected chi connectivity index (χ4v) is 3.79. The minimum absolute atomic E-state index is 0.0114. The number of hydrogen-bond donors (Lipinski definition) is 1. The lowest BCUT2D eigenvalue weighted by Gasteiger charge is -2.13. The number of para-hydroxylation sites is 1. The minimum atomic E-state index is -0.0114. The monoisotopic (exact) mass is 384 g/mol. The van der Waals surface area contributed by atoms with E-state index in [2.05, 4.69) is 16.4 Å². The van der Waals surface area contributed by atoms with Crippen LogP contribution in [0.5, 0.6) is 11.5 Å². The van der Waals surface area contributed by atoms with E-state index >= 15 is 0 Å². The number of hydrogen-bond acceptors (Lipinski definition) is 5. The van der Waals surface area contributed by atoms with Crippen molar-refractivity contribution in [2.45, 2.75) is 33.1 Å². The van der Waals surface area contributed by atoms with Gasteiger partial charge in [-0.05, 0) is 51.0 Å². The molecule has 0 aliphatic heterocycles. The van der Waals surface area contributed by atoms with Gasteiger partial charge >= 0.3 is 0 Å². The number of fused-ring (bicyclic) bond motifs is 1. The number of aryl methyl sites for hydroxylation is 1. The first-order valence-corrected chi connectivity index (χ1v) is 10.0. The summed E-state index contributed by atoms with van der Waals surface area (Å²) in [6.07, 6.45) is 2.02. The van der Waals surface area contributed by atoms with Crippen LogP contribution in [0.2, 0.25) is 0 Å². The fraction of sp³-hybridized carbons (Fsp3) is 0.333. The lowest BCUT2D eigenvalue weighted by atomic mass is 10.2.